The molecule has 2 amide bonds. The van der Waals surface area contributed by atoms with E-state index in [1.165, 1.54) is 5.56 Å². The molecule has 1 saturated carbocycles. The first-order valence-electron chi connectivity index (χ1n) is 15.0. The van der Waals surface area contributed by atoms with Crippen molar-refractivity contribution in [1.29, 1.82) is 0 Å². The van der Waals surface area contributed by atoms with Gasteiger partial charge < -0.3 is 34.8 Å². The summed E-state index contributed by atoms with van der Waals surface area (Å²) in [5.41, 5.74) is 10.2. The number of piperidine rings is 1. The minimum absolute atomic E-state index is 0.0613. The zero-order chi connectivity index (χ0) is 28.3. The molecule has 6 rings (SSSR count). The summed E-state index contributed by atoms with van der Waals surface area (Å²) < 4.78 is 11.5. The zero-order valence-electron chi connectivity index (χ0n) is 24.0. The van der Waals surface area contributed by atoms with Crippen molar-refractivity contribution in [2.45, 2.75) is 63.7 Å². The monoisotopic (exact) mass is 563 g/mol. The molecular weight excluding hydrogens is 522 g/mol. The van der Waals surface area contributed by atoms with Gasteiger partial charge in [-0.2, -0.15) is 4.98 Å². The third-order valence-electron chi connectivity index (χ3n) is 8.87. The molecule has 0 spiro atoms. The largest absolute Gasteiger partial charge is 0.446 e. The van der Waals surface area contributed by atoms with Gasteiger partial charge in [0.15, 0.2) is 0 Å². The van der Waals surface area contributed by atoms with Crippen molar-refractivity contribution < 1.29 is 19.1 Å². The molecule has 3 fully saturated rings. The number of carbonyl (C=O) groups excluding carboxylic acids is 2. The van der Waals surface area contributed by atoms with Crippen molar-refractivity contribution >= 4 is 24.0 Å². The number of aromatic nitrogens is 2. The number of nitrogen functional groups attached to an aromatic ring is 1. The number of likely N-dealkylation sites (N-methyl/N-ethyl adjacent to an activating group) is 1. The van der Waals surface area contributed by atoms with E-state index < -0.39 is 0 Å². The van der Waals surface area contributed by atoms with Crippen LogP contribution in [0.3, 0.4) is 0 Å². The Morgan fingerprint density at radius 2 is 1.49 bits per heavy atom. The number of carbonyl (C=O) groups is 2. The molecular formula is C30H41N7O4. The Morgan fingerprint density at radius 1 is 0.805 bits per heavy atom. The standard InChI is InChI=1S/C30H41N7O4/c1-34-14-16-35(17-15-34)27-19-26(32-28(31)33-27)22-7-6-21-8-11-37(20-23(21)18-22)30(39)41-25-9-12-36(13-10-25)29(38)40-24-4-2-3-5-24/h6-7,18-19,24-25H,2-5,8-17,20H2,1H3,(H2,31,32,33). The number of hydrogen-bond donors (Lipinski definition) is 1. The van der Waals surface area contributed by atoms with Crippen LogP contribution >= 0.6 is 0 Å². The number of nitrogens with zero attached hydrogens (tertiary/aromatic N) is 6. The summed E-state index contributed by atoms with van der Waals surface area (Å²) in [5.74, 6) is 1.11. The first kappa shape index (κ1) is 27.6. The fraction of sp³-hybridized carbons (Fsp3) is 0.600. The Kier molecular flexibility index (Phi) is 8.13. The Bertz CT molecular complexity index is 1250. The molecule has 11 heteroatoms. The van der Waals surface area contributed by atoms with Crippen LogP contribution in [-0.4, -0.2) is 102 Å². The van der Waals surface area contributed by atoms with Crippen molar-refractivity contribution in [2.24, 2.45) is 0 Å². The van der Waals surface area contributed by atoms with Gasteiger partial charge in [0.25, 0.3) is 0 Å². The van der Waals surface area contributed by atoms with Crippen molar-refractivity contribution in [3.63, 3.8) is 0 Å². The van der Waals surface area contributed by atoms with Crippen molar-refractivity contribution in [2.75, 3.05) is 63.5 Å². The average Bonchev–Trinajstić information content (AvgIpc) is 3.50. The molecule has 1 aromatic heterocycles. The van der Waals surface area contributed by atoms with E-state index >= 15 is 0 Å². The maximum Gasteiger partial charge on any atom is 0.410 e. The molecule has 1 aliphatic carbocycles. The minimum Gasteiger partial charge on any atom is -0.446 e. The number of piperazine rings is 1. The molecule has 1 aromatic carbocycles. The van der Waals surface area contributed by atoms with Crippen molar-refractivity contribution in [3.05, 3.63) is 35.4 Å². The molecule has 2 saturated heterocycles. The highest BCUT2D eigenvalue weighted by molar-refractivity contribution is 5.70. The van der Waals surface area contributed by atoms with Crippen LogP contribution < -0.4 is 10.6 Å². The second-order valence-electron chi connectivity index (χ2n) is 11.8. The zero-order valence-corrected chi connectivity index (χ0v) is 24.0. The SMILES string of the molecule is CN1CCN(c2cc(-c3ccc4c(c3)CN(C(=O)OC3CCN(C(=O)OC5CCCC5)CC3)CC4)nc(N)n2)CC1. The molecule has 11 nitrogen and oxygen atoms in total. The molecule has 0 radical (unpaired) electrons. The van der Waals surface area contributed by atoms with E-state index in [9.17, 15) is 9.59 Å². The highest BCUT2D eigenvalue weighted by Gasteiger charge is 2.30. The van der Waals surface area contributed by atoms with Gasteiger partial charge in [0.1, 0.15) is 18.0 Å². The van der Waals surface area contributed by atoms with Crippen LogP contribution in [-0.2, 0) is 22.4 Å². The topological polar surface area (TPSA) is 117 Å². The summed E-state index contributed by atoms with van der Waals surface area (Å²) in [5, 5.41) is 0. The summed E-state index contributed by atoms with van der Waals surface area (Å²) in [6, 6.07) is 8.32. The quantitative estimate of drug-likeness (QED) is 0.596. The molecule has 3 aliphatic heterocycles. The van der Waals surface area contributed by atoms with Gasteiger partial charge in [-0.3, -0.25) is 0 Å². The third kappa shape index (κ3) is 6.50. The summed E-state index contributed by atoms with van der Waals surface area (Å²) in [6.45, 7) is 5.97. The first-order valence-corrected chi connectivity index (χ1v) is 15.0. The molecule has 41 heavy (non-hydrogen) atoms. The summed E-state index contributed by atoms with van der Waals surface area (Å²) in [6.07, 6.45) is 5.56. The Labute approximate surface area is 241 Å². The van der Waals surface area contributed by atoms with Crippen LogP contribution in [0.5, 0.6) is 0 Å². The lowest BCUT2D eigenvalue weighted by Gasteiger charge is -2.34. The lowest BCUT2D eigenvalue weighted by molar-refractivity contribution is 0.0161. The maximum absolute atomic E-state index is 13.1. The summed E-state index contributed by atoms with van der Waals surface area (Å²) >= 11 is 0. The van der Waals surface area contributed by atoms with Crippen molar-refractivity contribution in [3.8, 4) is 11.3 Å². The van der Waals surface area contributed by atoms with Gasteiger partial charge in [0.2, 0.25) is 5.95 Å². The first-order chi connectivity index (χ1) is 19.9. The van der Waals surface area contributed by atoms with Crippen LogP contribution in [0.15, 0.2) is 24.3 Å². The molecule has 0 unspecified atom stereocenters. The fourth-order valence-electron chi connectivity index (χ4n) is 6.27. The Balaban J connectivity index is 1.05. The summed E-state index contributed by atoms with van der Waals surface area (Å²) in [7, 11) is 2.13. The number of nitrogens with two attached hydrogens (primary N) is 1. The van der Waals surface area contributed by atoms with Crippen LogP contribution in [0.2, 0.25) is 0 Å². The fourth-order valence-corrected chi connectivity index (χ4v) is 6.27. The van der Waals surface area contributed by atoms with Crippen LogP contribution in [0.4, 0.5) is 21.4 Å². The number of anilines is 2. The van der Waals surface area contributed by atoms with Gasteiger partial charge in [0, 0.05) is 76.8 Å². The van der Waals surface area contributed by atoms with E-state index in [1.807, 2.05) is 6.07 Å². The molecule has 4 aliphatic rings. The number of rotatable bonds is 4. The maximum atomic E-state index is 13.1. The Hall–Kier alpha value is -3.60. The van der Waals surface area contributed by atoms with E-state index in [1.54, 1.807) is 9.80 Å². The van der Waals surface area contributed by atoms with Gasteiger partial charge >= 0.3 is 12.2 Å². The normalized spacial score (nSPS) is 20.7. The molecule has 2 N–H and O–H groups in total. The number of ether oxygens (including phenoxy) is 2. The van der Waals surface area contributed by atoms with E-state index in [2.05, 4.69) is 45.0 Å². The second kappa shape index (κ2) is 12.1. The molecule has 0 atom stereocenters. The second-order valence-corrected chi connectivity index (χ2v) is 11.8. The van der Waals surface area contributed by atoms with Crippen LogP contribution in [0.1, 0.15) is 49.7 Å². The molecule has 220 valence electrons. The number of likely N-dealkylation sites (tertiary alicyclic amines) is 1. The van der Waals surface area contributed by atoms with Crippen LogP contribution in [0, 0.1) is 0 Å². The number of fused-ring (bicyclic) bond motifs is 1. The number of amides is 2. The smallest absolute Gasteiger partial charge is 0.410 e. The predicted molar refractivity (Wildman–Crippen MR) is 156 cm³/mol. The highest BCUT2D eigenvalue weighted by Crippen LogP contribution is 2.29. The third-order valence-corrected chi connectivity index (χ3v) is 8.87. The van der Waals surface area contributed by atoms with Gasteiger partial charge in [-0.05, 0) is 56.3 Å². The molecule has 2 aromatic rings. The Morgan fingerprint density at radius 3 is 2.22 bits per heavy atom. The van der Waals surface area contributed by atoms with E-state index in [4.69, 9.17) is 15.2 Å². The van der Waals surface area contributed by atoms with E-state index in [-0.39, 0.29) is 30.3 Å². The molecule has 0 bridgehead atoms. The highest BCUT2D eigenvalue weighted by atomic mass is 16.6. The van der Waals surface area contributed by atoms with E-state index in [0.717, 1.165) is 80.9 Å². The van der Waals surface area contributed by atoms with Gasteiger partial charge in [-0.1, -0.05) is 12.1 Å². The van der Waals surface area contributed by atoms with Gasteiger partial charge in [0.05, 0.1) is 5.69 Å². The number of hydrogen-bond acceptors (Lipinski definition) is 9. The van der Waals surface area contributed by atoms with E-state index in [0.29, 0.717) is 39.0 Å². The van der Waals surface area contributed by atoms with Crippen molar-refractivity contribution in [1.82, 2.24) is 24.7 Å². The van der Waals surface area contributed by atoms with Gasteiger partial charge in [-0.25, -0.2) is 14.6 Å². The number of benzene rings is 1. The van der Waals surface area contributed by atoms with Gasteiger partial charge in [-0.15, -0.1) is 0 Å². The summed E-state index contributed by atoms with van der Waals surface area (Å²) in [4.78, 5) is 42.7. The van der Waals surface area contributed by atoms with Crippen LogP contribution in [0.25, 0.3) is 11.3 Å². The molecule has 4 heterocycles. The average molecular weight is 564 g/mol. The lowest BCUT2D eigenvalue weighted by Crippen LogP contribution is -2.44. The predicted octanol–water partition coefficient (Wildman–Crippen LogP) is 3.52. The minimum atomic E-state index is -0.295. The lowest BCUT2D eigenvalue weighted by atomic mass is 9.96.